The van der Waals surface area contributed by atoms with Crippen molar-refractivity contribution in [2.75, 3.05) is 0 Å². The molecular formula is C14H15Br2N. The van der Waals surface area contributed by atoms with Crippen molar-refractivity contribution in [3.63, 3.8) is 0 Å². The van der Waals surface area contributed by atoms with E-state index in [0.29, 0.717) is 0 Å². The Labute approximate surface area is 119 Å². The van der Waals surface area contributed by atoms with Gasteiger partial charge in [-0.05, 0) is 81.8 Å². The summed E-state index contributed by atoms with van der Waals surface area (Å²) in [5, 5.41) is 0. The van der Waals surface area contributed by atoms with Gasteiger partial charge < -0.3 is 4.98 Å². The van der Waals surface area contributed by atoms with Gasteiger partial charge in [0, 0.05) is 15.7 Å². The van der Waals surface area contributed by atoms with E-state index in [1.807, 2.05) is 0 Å². The van der Waals surface area contributed by atoms with E-state index in [4.69, 9.17) is 0 Å². The second-order valence-electron chi connectivity index (χ2n) is 4.43. The van der Waals surface area contributed by atoms with Crippen LogP contribution in [-0.2, 0) is 0 Å². The fourth-order valence-electron chi connectivity index (χ4n) is 2.03. The Morgan fingerprint density at radius 2 is 1.59 bits per heavy atom. The third-order valence-corrected chi connectivity index (χ3v) is 4.98. The molecule has 0 aliphatic rings. The van der Waals surface area contributed by atoms with Crippen molar-refractivity contribution in [3.8, 4) is 11.1 Å². The Morgan fingerprint density at radius 3 is 2.12 bits per heavy atom. The Bertz CT molecular complexity index is 582. The molecule has 0 fully saturated rings. The number of halogens is 2. The maximum atomic E-state index is 3.65. The molecule has 1 nitrogen and oxygen atoms in total. The van der Waals surface area contributed by atoms with Gasteiger partial charge >= 0.3 is 0 Å². The highest BCUT2D eigenvalue weighted by atomic mass is 79.9. The zero-order valence-electron chi connectivity index (χ0n) is 10.4. The monoisotopic (exact) mass is 355 g/mol. The van der Waals surface area contributed by atoms with E-state index < -0.39 is 0 Å². The Kier molecular flexibility index (Phi) is 3.50. The highest BCUT2D eigenvalue weighted by molar-refractivity contribution is 9.11. The lowest BCUT2D eigenvalue weighted by Gasteiger charge is -2.11. The largest absolute Gasteiger partial charge is 0.352 e. The van der Waals surface area contributed by atoms with Crippen LogP contribution >= 0.6 is 31.9 Å². The summed E-state index contributed by atoms with van der Waals surface area (Å²) in [6.45, 7) is 8.57. The number of benzene rings is 1. The zero-order chi connectivity index (χ0) is 12.7. The molecule has 1 aromatic carbocycles. The first kappa shape index (κ1) is 12.9. The average molecular weight is 357 g/mol. The van der Waals surface area contributed by atoms with Crippen LogP contribution in [0.4, 0.5) is 0 Å². The van der Waals surface area contributed by atoms with Gasteiger partial charge in [0.05, 0.1) is 4.60 Å². The Hall–Kier alpha value is -0.540. The highest BCUT2D eigenvalue weighted by Crippen LogP contribution is 2.39. The van der Waals surface area contributed by atoms with Crippen molar-refractivity contribution in [2.45, 2.75) is 27.7 Å². The smallest absolute Gasteiger partial charge is 0.0913 e. The maximum absolute atomic E-state index is 3.65. The van der Waals surface area contributed by atoms with E-state index in [-0.39, 0.29) is 0 Å². The van der Waals surface area contributed by atoms with Gasteiger partial charge in [-0.1, -0.05) is 12.1 Å². The number of hydrogen-bond donors (Lipinski definition) is 1. The molecule has 0 amide bonds. The number of rotatable bonds is 1. The first-order chi connectivity index (χ1) is 7.93. The normalized spacial score (nSPS) is 10.9. The van der Waals surface area contributed by atoms with E-state index >= 15 is 0 Å². The van der Waals surface area contributed by atoms with Crippen molar-refractivity contribution < 1.29 is 0 Å². The van der Waals surface area contributed by atoms with Crippen molar-refractivity contribution in [1.29, 1.82) is 0 Å². The molecule has 0 spiro atoms. The molecule has 0 aliphatic heterocycles. The molecule has 0 aliphatic carbocycles. The number of aromatic amines is 1. The summed E-state index contributed by atoms with van der Waals surface area (Å²) in [5.74, 6) is 0. The second-order valence-corrected chi connectivity index (χ2v) is 6.02. The third-order valence-electron chi connectivity index (χ3n) is 3.39. The summed E-state index contributed by atoms with van der Waals surface area (Å²) in [6.07, 6.45) is 0. The van der Waals surface area contributed by atoms with Gasteiger partial charge in [-0.2, -0.15) is 0 Å². The number of aryl methyl sites for hydroxylation is 2. The quantitative estimate of drug-likeness (QED) is 0.700. The van der Waals surface area contributed by atoms with E-state index in [0.717, 1.165) is 14.8 Å². The van der Waals surface area contributed by atoms with Crippen molar-refractivity contribution >= 4 is 31.9 Å². The summed E-state index contributed by atoms with van der Waals surface area (Å²) in [7, 11) is 0. The molecule has 0 atom stereocenters. The summed E-state index contributed by atoms with van der Waals surface area (Å²) in [5.41, 5.74) is 7.67. The molecule has 2 rings (SSSR count). The van der Waals surface area contributed by atoms with E-state index in [2.05, 4.69) is 76.7 Å². The fourth-order valence-corrected chi connectivity index (χ4v) is 3.52. The highest BCUT2D eigenvalue weighted by Gasteiger charge is 2.16. The SMILES string of the molecule is Cc1ccc(-c2c(Br)[nH]c(C)c2Br)c(C)c1C. The summed E-state index contributed by atoms with van der Waals surface area (Å²) < 4.78 is 2.17. The van der Waals surface area contributed by atoms with Crippen molar-refractivity contribution in [1.82, 2.24) is 4.98 Å². The van der Waals surface area contributed by atoms with Crippen LogP contribution in [0, 0.1) is 27.7 Å². The minimum Gasteiger partial charge on any atom is -0.352 e. The topological polar surface area (TPSA) is 15.8 Å². The molecule has 0 bridgehead atoms. The van der Waals surface area contributed by atoms with Gasteiger partial charge in [-0.3, -0.25) is 0 Å². The Morgan fingerprint density at radius 1 is 0.941 bits per heavy atom. The van der Waals surface area contributed by atoms with E-state index in [9.17, 15) is 0 Å². The first-order valence-corrected chi connectivity index (χ1v) is 7.12. The molecule has 2 aromatic rings. The van der Waals surface area contributed by atoms with E-state index in [1.54, 1.807) is 0 Å². The number of aromatic nitrogens is 1. The fraction of sp³-hybridized carbons (Fsp3) is 0.286. The van der Waals surface area contributed by atoms with Gasteiger partial charge in [-0.15, -0.1) is 0 Å². The minimum atomic E-state index is 1.04. The van der Waals surface area contributed by atoms with Crippen LogP contribution < -0.4 is 0 Å². The zero-order valence-corrected chi connectivity index (χ0v) is 13.6. The van der Waals surface area contributed by atoms with Crippen LogP contribution in [-0.4, -0.2) is 4.98 Å². The number of hydrogen-bond acceptors (Lipinski definition) is 0. The van der Waals surface area contributed by atoms with Gasteiger partial charge in [0.2, 0.25) is 0 Å². The predicted octanol–water partition coefficient (Wildman–Crippen LogP) is 5.44. The molecule has 0 saturated carbocycles. The lowest BCUT2D eigenvalue weighted by atomic mass is 9.95. The van der Waals surface area contributed by atoms with Crippen molar-refractivity contribution in [3.05, 3.63) is 43.6 Å². The van der Waals surface area contributed by atoms with E-state index in [1.165, 1.54) is 27.8 Å². The molecule has 90 valence electrons. The molecule has 1 N–H and O–H groups in total. The van der Waals surface area contributed by atoms with Gasteiger partial charge in [0.25, 0.3) is 0 Å². The minimum absolute atomic E-state index is 1.04. The predicted molar refractivity (Wildman–Crippen MR) is 80.6 cm³/mol. The standard InChI is InChI=1S/C14H15Br2N/c1-7-5-6-11(9(3)8(7)2)12-13(15)10(4)17-14(12)16/h5-6,17H,1-4H3. The van der Waals surface area contributed by atoms with Crippen LogP contribution in [0.15, 0.2) is 21.2 Å². The van der Waals surface area contributed by atoms with Gasteiger partial charge in [0.1, 0.15) is 0 Å². The molecule has 17 heavy (non-hydrogen) atoms. The molecule has 1 aromatic heterocycles. The van der Waals surface area contributed by atoms with Gasteiger partial charge in [0.15, 0.2) is 0 Å². The molecular weight excluding hydrogens is 342 g/mol. The maximum Gasteiger partial charge on any atom is 0.0913 e. The van der Waals surface area contributed by atoms with Crippen molar-refractivity contribution in [2.24, 2.45) is 0 Å². The van der Waals surface area contributed by atoms with Crippen LogP contribution in [0.25, 0.3) is 11.1 Å². The lowest BCUT2D eigenvalue weighted by Crippen LogP contribution is -1.90. The number of H-pyrrole nitrogens is 1. The number of nitrogens with one attached hydrogen (secondary N) is 1. The molecule has 0 unspecified atom stereocenters. The molecule has 3 heteroatoms. The summed E-state index contributed by atoms with van der Waals surface area (Å²) in [6, 6.07) is 4.37. The third kappa shape index (κ3) is 2.11. The molecule has 0 radical (unpaired) electrons. The second kappa shape index (κ2) is 4.62. The molecule has 1 heterocycles. The Balaban J connectivity index is 2.73. The van der Waals surface area contributed by atoms with Gasteiger partial charge in [-0.25, -0.2) is 0 Å². The average Bonchev–Trinajstić information content (AvgIpc) is 2.52. The summed E-state index contributed by atoms with van der Waals surface area (Å²) in [4.78, 5) is 3.31. The van der Waals surface area contributed by atoms with Crippen LogP contribution in [0.5, 0.6) is 0 Å². The lowest BCUT2D eigenvalue weighted by molar-refractivity contribution is 1.23. The van der Waals surface area contributed by atoms with Crippen LogP contribution in [0.2, 0.25) is 0 Å². The summed E-state index contributed by atoms with van der Waals surface area (Å²) >= 11 is 7.25. The van der Waals surface area contributed by atoms with Crippen LogP contribution in [0.1, 0.15) is 22.4 Å². The van der Waals surface area contributed by atoms with Crippen LogP contribution in [0.3, 0.4) is 0 Å². The first-order valence-electron chi connectivity index (χ1n) is 5.54. The molecule has 0 saturated heterocycles.